The van der Waals surface area contributed by atoms with Gasteiger partial charge in [0.25, 0.3) is 6.43 Å². The van der Waals surface area contributed by atoms with Crippen LogP contribution < -0.4 is 10.5 Å². The summed E-state index contributed by atoms with van der Waals surface area (Å²) in [5, 5.41) is 0. The summed E-state index contributed by atoms with van der Waals surface area (Å²) in [7, 11) is 0. The van der Waals surface area contributed by atoms with E-state index in [9.17, 15) is 8.78 Å². The molecule has 2 N–H and O–H groups in total. The first-order valence-electron chi connectivity index (χ1n) is 5.11. The van der Waals surface area contributed by atoms with Crippen LogP contribution in [0.5, 0.6) is 5.75 Å². The van der Waals surface area contributed by atoms with Crippen molar-refractivity contribution in [2.24, 2.45) is 0 Å². The maximum Gasteiger partial charge on any atom is 0.272 e. The molecule has 16 heavy (non-hydrogen) atoms. The van der Waals surface area contributed by atoms with Crippen molar-refractivity contribution in [3.63, 3.8) is 0 Å². The van der Waals surface area contributed by atoms with E-state index in [1.165, 1.54) is 0 Å². The second-order valence-corrected chi connectivity index (χ2v) is 4.71. The SMILES string of the molecule is CC(C)(C)c1ccc(N)cc1OCC(F)F. The molecule has 0 heterocycles. The van der Waals surface area contributed by atoms with Crippen LogP contribution in [0.25, 0.3) is 0 Å². The van der Waals surface area contributed by atoms with Crippen LogP contribution in [0.4, 0.5) is 14.5 Å². The zero-order valence-corrected chi connectivity index (χ0v) is 9.76. The van der Waals surface area contributed by atoms with Crippen molar-refractivity contribution in [3.8, 4) is 5.75 Å². The molecule has 0 unspecified atom stereocenters. The van der Waals surface area contributed by atoms with Crippen LogP contribution in [-0.4, -0.2) is 13.0 Å². The molecular formula is C12H17F2NO. The molecule has 0 bridgehead atoms. The summed E-state index contributed by atoms with van der Waals surface area (Å²) in [5.41, 5.74) is 6.84. The Morgan fingerprint density at radius 3 is 2.44 bits per heavy atom. The van der Waals surface area contributed by atoms with Gasteiger partial charge >= 0.3 is 0 Å². The number of hydrogen-bond donors (Lipinski definition) is 1. The van der Waals surface area contributed by atoms with Crippen LogP contribution in [-0.2, 0) is 5.41 Å². The molecule has 0 radical (unpaired) electrons. The predicted molar refractivity (Wildman–Crippen MR) is 61.1 cm³/mol. The highest BCUT2D eigenvalue weighted by atomic mass is 19.3. The lowest BCUT2D eigenvalue weighted by atomic mass is 9.86. The first kappa shape index (κ1) is 12.7. The largest absolute Gasteiger partial charge is 0.487 e. The topological polar surface area (TPSA) is 35.2 Å². The molecule has 0 aromatic heterocycles. The molecule has 0 saturated heterocycles. The van der Waals surface area contributed by atoms with E-state index in [2.05, 4.69) is 0 Å². The van der Waals surface area contributed by atoms with Crippen molar-refractivity contribution in [1.82, 2.24) is 0 Å². The Labute approximate surface area is 94.4 Å². The second-order valence-electron chi connectivity index (χ2n) is 4.71. The van der Waals surface area contributed by atoms with Crippen molar-refractivity contribution in [1.29, 1.82) is 0 Å². The number of halogens is 2. The smallest absolute Gasteiger partial charge is 0.272 e. The Balaban J connectivity index is 2.99. The normalized spacial score (nSPS) is 11.9. The van der Waals surface area contributed by atoms with Crippen molar-refractivity contribution in [2.45, 2.75) is 32.6 Å². The molecule has 0 saturated carbocycles. The van der Waals surface area contributed by atoms with E-state index in [-0.39, 0.29) is 5.41 Å². The highest BCUT2D eigenvalue weighted by Crippen LogP contribution is 2.32. The van der Waals surface area contributed by atoms with Crippen molar-refractivity contribution in [3.05, 3.63) is 23.8 Å². The summed E-state index contributed by atoms with van der Waals surface area (Å²) in [6, 6.07) is 5.15. The van der Waals surface area contributed by atoms with Gasteiger partial charge in [0.05, 0.1) is 0 Å². The zero-order valence-electron chi connectivity index (χ0n) is 9.76. The Hall–Kier alpha value is -1.32. The summed E-state index contributed by atoms with van der Waals surface area (Å²) in [5.74, 6) is 0.438. The number of rotatable bonds is 3. The van der Waals surface area contributed by atoms with Gasteiger partial charge in [-0.05, 0) is 17.0 Å². The third-order valence-electron chi connectivity index (χ3n) is 2.18. The van der Waals surface area contributed by atoms with E-state index < -0.39 is 13.0 Å². The van der Waals surface area contributed by atoms with Gasteiger partial charge in [0.15, 0.2) is 0 Å². The molecule has 0 aliphatic carbocycles. The van der Waals surface area contributed by atoms with Crippen LogP contribution in [0.3, 0.4) is 0 Å². The average molecular weight is 229 g/mol. The molecule has 0 spiro atoms. The number of alkyl halides is 2. The first-order valence-corrected chi connectivity index (χ1v) is 5.11. The van der Waals surface area contributed by atoms with E-state index in [0.717, 1.165) is 5.56 Å². The quantitative estimate of drug-likeness (QED) is 0.808. The van der Waals surface area contributed by atoms with E-state index >= 15 is 0 Å². The number of nitrogens with two attached hydrogens (primary N) is 1. The van der Waals surface area contributed by atoms with Crippen LogP contribution >= 0.6 is 0 Å². The van der Waals surface area contributed by atoms with Crippen LogP contribution in [0, 0.1) is 0 Å². The van der Waals surface area contributed by atoms with Gasteiger partial charge in [0.1, 0.15) is 12.4 Å². The van der Waals surface area contributed by atoms with E-state index in [1.807, 2.05) is 26.8 Å². The molecule has 0 aliphatic heterocycles. The first-order chi connectivity index (χ1) is 7.30. The lowest BCUT2D eigenvalue weighted by Gasteiger charge is -2.23. The fraction of sp³-hybridized carbons (Fsp3) is 0.500. The van der Waals surface area contributed by atoms with Gasteiger partial charge < -0.3 is 10.5 Å². The van der Waals surface area contributed by atoms with Gasteiger partial charge in [-0.2, -0.15) is 0 Å². The highest BCUT2D eigenvalue weighted by Gasteiger charge is 2.19. The summed E-state index contributed by atoms with van der Waals surface area (Å²) in [6.45, 7) is 5.38. The monoisotopic (exact) mass is 229 g/mol. The Morgan fingerprint density at radius 2 is 1.94 bits per heavy atom. The van der Waals surface area contributed by atoms with Gasteiger partial charge in [-0.25, -0.2) is 8.78 Å². The fourth-order valence-corrected chi connectivity index (χ4v) is 1.43. The van der Waals surface area contributed by atoms with Gasteiger partial charge in [0, 0.05) is 11.8 Å². The van der Waals surface area contributed by atoms with Gasteiger partial charge in [-0.1, -0.05) is 26.8 Å². The summed E-state index contributed by atoms with van der Waals surface area (Å²) < 4.78 is 29.3. The molecular weight excluding hydrogens is 212 g/mol. The number of hydrogen-bond acceptors (Lipinski definition) is 2. The molecule has 90 valence electrons. The van der Waals surface area contributed by atoms with Gasteiger partial charge in [-0.15, -0.1) is 0 Å². The standard InChI is InChI=1S/C12H17F2NO/c1-12(2,3)9-5-4-8(15)6-10(9)16-7-11(13)14/h4-6,11H,7,15H2,1-3H3. The number of benzene rings is 1. The van der Waals surface area contributed by atoms with E-state index in [0.29, 0.717) is 11.4 Å². The predicted octanol–water partition coefficient (Wildman–Crippen LogP) is 3.21. The fourth-order valence-electron chi connectivity index (χ4n) is 1.43. The lowest BCUT2D eigenvalue weighted by molar-refractivity contribution is 0.0809. The van der Waals surface area contributed by atoms with Crippen LogP contribution in [0.2, 0.25) is 0 Å². The van der Waals surface area contributed by atoms with Crippen molar-refractivity contribution in [2.75, 3.05) is 12.3 Å². The molecule has 1 aromatic carbocycles. The summed E-state index contributed by atoms with van der Waals surface area (Å²) in [4.78, 5) is 0. The minimum absolute atomic E-state index is 0.162. The van der Waals surface area contributed by atoms with Gasteiger partial charge in [0.2, 0.25) is 0 Å². The Morgan fingerprint density at radius 1 is 1.31 bits per heavy atom. The summed E-state index contributed by atoms with van der Waals surface area (Å²) >= 11 is 0. The molecule has 0 aliphatic rings. The van der Waals surface area contributed by atoms with Crippen molar-refractivity contribution >= 4 is 5.69 Å². The van der Waals surface area contributed by atoms with Crippen LogP contribution in [0.15, 0.2) is 18.2 Å². The van der Waals surface area contributed by atoms with Gasteiger partial charge in [-0.3, -0.25) is 0 Å². The number of nitrogen functional groups attached to an aromatic ring is 1. The minimum Gasteiger partial charge on any atom is -0.487 e. The lowest BCUT2D eigenvalue weighted by Crippen LogP contribution is -2.16. The zero-order chi connectivity index (χ0) is 12.3. The molecule has 4 heteroatoms. The average Bonchev–Trinajstić information content (AvgIpc) is 2.12. The highest BCUT2D eigenvalue weighted by molar-refractivity contribution is 5.50. The van der Waals surface area contributed by atoms with Crippen molar-refractivity contribution < 1.29 is 13.5 Å². The second kappa shape index (κ2) is 4.68. The van der Waals surface area contributed by atoms with E-state index in [4.69, 9.17) is 10.5 Å². The Bertz CT molecular complexity index is 359. The Kier molecular flexibility index (Phi) is 3.73. The summed E-state index contributed by atoms with van der Waals surface area (Å²) in [6.07, 6.45) is -2.48. The number of anilines is 1. The molecule has 0 atom stereocenters. The minimum atomic E-state index is -2.48. The molecule has 1 rings (SSSR count). The molecule has 0 amide bonds. The van der Waals surface area contributed by atoms with Crippen LogP contribution in [0.1, 0.15) is 26.3 Å². The molecule has 0 fully saturated rings. The van der Waals surface area contributed by atoms with E-state index in [1.54, 1.807) is 12.1 Å². The molecule has 1 aromatic rings. The third kappa shape index (κ3) is 3.36. The molecule has 2 nitrogen and oxygen atoms in total. The maximum atomic E-state index is 12.1. The third-order valence-corrected chi connectivity index (χ3v) is 2.18. The number of ether oxygens (including phenoxy) is 1. The maximum absolute atomic E-state index is 12.1.